The minimum Gasteiger partial charge on any atom is -0.391 e. The Morgan fingerprint density at radius 3 is 2.45 bits per heavy atom. The number of carbonyl (C=O) groups is 2. The summed E-state index contributed by atoms with van der Waals surface area (Å²) in [6.45, 7) is 9.82. The van der Waals surface area contributed by atoms with Crippen molar-refractivity contribution in [2.24, 2.45) is 12.5 Å². The molecule has 0 radical (unpaired) electrons. The second kappa shape index (κ2) is 8.23. The Morgan fingerprint density at radius 2 is 1.88 bits per heavy atom. The van der Waals surface area contributed by atoms with E-state index in [-0.39, 0.29) is 24.8 Å². The van der Waals surface area contributed by atoms with Crippen LogP contribution < -0.4 is 5.32 Å². The van der Waals surface area contributed by atoms with Crippen LogP contribution in [0, 0.1) is 5.41 Å². The first kappa shape index (κ1) is 23.4. The van der Waals surface area contributed by atoms with Gasteiger partial charge in [0, 0.05) is 43.9 Å². The Kier molecular flexibility index (Phi) is 5.84. The van der Waals surface area contributed by atoms with Gasteiger partial charge in [0.15, 0.2) is 0 Å². The third-order valence-electron chi connectivity index (χ3n) is 6.57. The minimum atomic E-state index is -0.764. The Morgan fingerprint density at radius 1 is 1.18 bits per heavy atom. The quantitative estimate of drug-likeness (QED) is 0.679. The number of likely N-dealkylation sites (tertiary alicyclic amines) is 1. The van der Waals surface area contributed by atoms with Crippen LogP contribution in [0.4, 0.5) is 0 Å². The van der Waals surface area contributed by atoms with E-state index in [9.17, 15) is 14.7 Å². The van der Waals surface area contributed by atoms with Crippen LogP contribution >= 0.6 is 0 Å². The number of aliphatic hydroxyl groups is 1. The number of aryl methyl sites for hydroxylation is 1. The molecule has 2 aromatic heterocycles. The van der Waals surface area contributed by atoms with Gasteiger partial charge in [0.2, 0.25) is 11.8 Å². The number of carbonyl (C=O) groups excluding carboxylic acids is 2. The van der Waals surface area contributed by atoms with E-state index >= 15 is 0 Å². The van der Waals surface area contributed by atoms with Crippen molar-refractivity contribution >= 4 is 11.8 Å². The number of aromatic nitrogens is 5. The minimum absolute atomic E-state index is 0.112. The molecular weight excluding hydrogens is 422 g/mol. The molecule has 2 amide bonds. The molecule has 2 aliphatic rings. The Bertz CT molecular complexity index is 1030. The van der Waals surface area contributed by atoms with Crippen molar-refractivity contribution in [3.8, 4) is 0 Å². The van der Waals surface area contributed by atoms with Crippen LogP contribution in [-0.4, -0.2) is 65.3 Å². The summed E-state index contributed by atoms with van der Waals surface area (Å²) in [5.41, 5.74) is 0.626. The molecule has 180 valence electrons. The second-order valence-corrected chi connectivity index (χ2v) is 11.1. The predicted octanol–water partition coefficient (Wildman–Crippen LogP) is 1.49. The third-order valence-corrected chi connectivity index (χ3v) is 6.57. The lowest BCUT2D eigenvalue weighted by atomic mass is 9.85. The van der Waals surface area contributed by atoms with E-state index in [1.807, 2.05) is 54.1 Å². The number of nitrogens with one attached hydrogen (secondary N) is 1. The molecule has 2 fully saturated rings. The molecule has 2 N–H and O–H groups in total. The summed E-state index contributed by atoms with van der Waals surface area (Å²) in [7, 11) is 1.82. The number of amides is 2. The molecule has 3 heterocycles. The average Bonchev–Trinajstić information content (AvgIpc) is 3.08. The van der Waals surface area contributed by atoms with Gasteiger partial charge in [0.1, 0.15) is 12.1 Å². The molecular formula is C23H35N7O3. The number of aliphatic hydroxyl groups excluding tert-OH is 1. The van der Waals surface area contributed by atoms with Crippen molar-refractivity contribution in [2.75, 3.05) is 6.54 Å². The van der Waals surface area contributed by atoms with E-state index < -0.39 is 29.1 Å². The highest BCUT2D eigenvalue weighted by Crippen LogP contribution is 2.40. The zero-order chi connectivity index (χ0) is 24.1. The van der Waals surface area contributed by atoms with Crippen molar-refractivity contribution in [2.45, 2.75) is 83.5 Å². The van der Waals surface area contributed by atoms with Gasteiger partial charge >= 0.3 is 0 Å². The smallest absolute Gasteiger partial charge is 0.248 e. The molecule has 10 nitrogen and oxygen atoms in total. The molecule has 3 atom stereocenters. The second-order valence-electron chi connectivity index (χ2n) is 11.1. The average molecular weight is 458 g/mol. The third kappa shape index (κ3) is 4.80. The molecule has 2 aromatic rings. The van der Waals surface area contributed by atoms with Crippen LogP contribution in [0.3, 0.4) is 0 Å². The fourth-order valence-electron chi connectivity index (χ4n) is 4.53. The van der Waals surface area contributed by atoms with Gasteiger partial charge in [-0.2, -0.15) is 5.10 Å². The van der Waals surface area contributed by atoms with Crippen LogP contribution in [0.1, 0.15) is 77.1 Å². The van der Waals surface area contributed by atoms with E-state index in [4.69, 9.17) is 0 Å². The number of β-amino-alcohol motifs (C(OH)–C–C–N with tert-alkyl or cyclic N) is 1. The van der Waals surface area contributed by atoms with Crippen LogP contribution in [0.25, 0.3) is 0 Å². The van der Waals surface area contributed by atoms with Gasteiger partial charge in [-0.25, -0.2) is 4.68 Å². The molecule has 1 aliphatic carbocycles. The van der Waals surface area contributed by atoms with Gasteiger partial charge in [-0.15, -0.1) is 5.10 Å². The van der Waals surface area contributed by atoms with Gasteiger partial charge in [-0.05, 0) is 32.1 Å². The number of nitrogens with zero attached hydrogens (tertiary/aromatic N) is 6. The Balaban J connectivity index is 1.57. The van der Waals surface area contributed by atoms with Crippen molar-refractivity contribution in [3.05, 3.63) is 29.8 Å². The summed E-state index contributed by atoms with van der Waals surface area (Å²) in [4.78, 5) is 28.7. The first-order valence-corrected chi connectivity index (χ1v) is 11.6. The number of hydrogen-bond acceptors (Lipinski definition) is 6. The Hall–Kier alpha value is -2.75. The maximum absolute atomic E-state index is 13.8. The van der Waals surface area contributed by atoms with Crippen molar-refractivity contribution in [1.82, 2.24) is 35.0 Å². The molecule has 2 unspecified atom stereocenters. The first-order valence-electron chi connectivity index (χ1n) is 11.6. The highest BCUT2D eigenvalue weighted by Gasteiger charge is 2.46. The number of hydrogen-bond donors (Lipinski definition) is 2. The molecule has 1 saturated carbocycles. The monoisotopic (exact) mass is 457 g/mol. The summed E-state index contributed by atoms with van der Waals surface area (Å²) in [6.07, 6.45) is 7.06. The lowest BCUT2D eigenvalue weighted by Gasteiger charge is -2.35. The van der Waals surface area contributed by atoms with Crippen LogP contribution in [-0.2, 0) is 22.2 Å². The summed E-state index contributed by atoms with van der Waals surface area (Å²) in [5.74, 6) is -0.0967. The SMILES string of the molecule is Cn1cc(C(C)(C)NC(=O)C2CC(O)CN2C(=O)[C@@H](n2cc(C3CC3)nn2)C(C)(C)C)cn1. The molecule has 0 spiro atoms. The fraction of sp³-hybridized carbons (Fsp3) is 0.696. The van der Waals surface area contributed by atoms with Gasteiger partial charge in [-0.3, -0.25) is 14.3 Å². The lowest BCUT2D eigenvalue weighted by Crippen LogP contribution is -2.53. The summed E-state index contributed by atoms with van der Waals surface area (Å²) >= 11 is 0. The zero-order valence-corrected chi connectivity index (χ0v) is 20.3. The van der Waals surface area contributed by atoms with E-state index in [1.165, 1.54) is 4.90 Å². The zero-order valence-electron chi connectivity index (χ0n) is 20.3. The van der Waals surface area contributed by atoms with Crippen LogP contribution in [0.2, 0.25) is 0 Å². The van der Waals surface area contributed by atoms with Gasteiger partial charge in [-0.1, -0.05) is 26.0 Å². The number of rotatable bonds is 6. The van der Waals surface area contributed by atoms with E-state index in [2.05, 4.69) is 20.7 Å². The van der Waals surface area contributed by atoms with Gasteiger partial charge < -0.3 is 15.3 Å². The predicted molar refractivity (Wildman–Crippen MR) is 121 cm³/mol. The largest absolute Gasteiger partial charge is 0.391 e. The standard InChI is InChI=1S/C23H35N7O3/c1-22(2,3)19(30-13-17(26-27-30)14-7-8-14)21(33)29-12-16(31)9-18(29)20(32)25-23(4,5)15-10-24-28(6)11-15/h10-11,13-14,16,18-19,31H,7-9,12H2,1-6H3,(H,25,32)/t16?,18?,19-/m1/s1. The van der Waals surface area contributed by atoms with Crippen molar-refractivity contribution in [1.29, 1.82) is 0 Å². The van der Waals surface area contributed by atoms with E-state index in [1.54, 1.807) is 15.6 Å². The molecule has 0 aromatic carbocycles. The van der Waals surface area contributed by atoms with Crippen LogP contribution in [0.15, 0.2) is 18.6 Å². The highest BCUT2D eigenvalue weighted by molar-refractivity contribution is 5.90. The molecule has 1 saturated heterocycles. The van der Waals surface area contributed by atoms with Crippen molar-refractivity contribution < 1.29 is 14.7 Å². The maximum Gasteiger partial charge on any atom is 0.248 e. The van der Waals surface area contributed by atoms with E-state index in [0.717, 1.165) is 24.1 Å². The maximum atomic E-state index is 13.8. The van der Waals surface area contributed by atoms with Crippen molar-refractivity contribution in [3.63, 3.8) is 0 Å². The fourth-order valence-corrected chi connectivity index (χ4v) is 4.53. The Labute approximate surface area is 194 Å². The highest BCUT2D eigenvalue weighted by atomic mass is 16.3. The summed E-state index contributed by atoms with van der Waals surface area (Å²) in [6, 6.07) is -1.40. The topological polar surface area (TPSA) is 118 Å². The van der Waals surface area contributed by atoms with E-state index in [0.29, 0.717) is 5.92 Å². The first-order chi connectivity index (χ1) is 15.4. The molecule has 1 aliphatic heterocycles. The van der Waals surface area contributed by atoms with Crippen LogP contribution in [0.5, 0.6) is 0 Å². The molecule has 4 rings (SSSR count). The molecule has 0 bridgehead atoms. The van der Waals surface area contributed by atoms with Gasteiger partial charge in [0.05, 0.1) is 23.5 Å². The summed E-state index contributed by atoms with van der Waals surface area (Å²) in [5, 5.41) is 26.2. The summed E-state index contributed by atoms with van der Waals surface area (Å²) < 4.78 is 3.32. The normalized spacial score (nSPS) is 22.5. The molecule has 10 heteroatoms. The molecule has 33 heavy (non-hydrogen) atoms. The van der Waals surface area contributed by atoms with Gasteiger partial charge in [0.25, 0.3) is 0 Å². The lowest BCUT2D eigenvalue weighted by molar-refractivity contribution is -0.144.